The summed E-state index contributed by atoms with van der Waals surface area (Å²) in [5.41, 5.74) is 20.4. The Hall–Kier alpha value is -6.41. The first-order chi connectivity index (χ1) is 28.7. The molecule has 2 unspecified atom stereocenters. The van der Waals surface area contributed by atoms with E-state index < -0.39 is 5.41 Å². The van der Waals surface area contributed by atoms with Crippen molar-refractivity contribution in [1.29, 1.82) is 0 Å². The Kier molecular flexibility index (Phi) is 6.79. The van der Waals surface area contributed by atoms with Gasteiger partial charge in [-0.05, 0) is 125 Å². The van der Waals surface area contributed by atoms with Gasteiger partial charge in [0.15, 0.2) is 0 Å². The number of hydrogen-bond donors (Lipinski definition) is 0. The Bertz CT molecular complexity index is 3110. The van der Waals surface area contributed by atoms with Crippen LogP contribution in [0.4, 0.5) is 0 Å². The van der Waals surface area contributed by atoms with Gasteiger partial charge in [-0.2, -0.15) is 0 Å². The Morgan fingerprint density at radius 2 is 1.05 bits per heavy atom. The molecule has 0 radical (unpaired) electrons. The Balaban J connectivity index is 1.12. The van der Waals surface area contributed by atoms with Crippen molar-refractivity contribution in [3.63, 3.8) is 0 Å². The second-order valence-electron chi connectivity index (χ2n) is 16.7. The number of rotatable bonds is 4. The van der Waals surface area contributed by atoms with E-state index in [0.717, 1.165) is 12.8 Å². The van der Waals surface area contributed by atoms with Crippen LogP contribution in [-0.4, -0.2) is 0 Å². The van der Waals surface area contributed by atoms with E-state index in [4.69, 9.17) is 0 Å². The third kappa shape index (κ3) is 4.27. The normalized spacial score (nSPS) is 18.5. The average Bonchev–Trinajstić information content (AvgIpc) is 3.82. The van der Waals surface area contributed by atoms with Gasteiger partial charge in [-0.25, -0.2) is 0 Å². The molecule has 272 valence electrons. The van der Waals surface area contributed by atoms with Crippen molar-refractivity contribution >= 4 is 22.5 Å². The van der Waals surface area contributed by atoms with E-state index >= 15 is 0 Å². The van der Waals surface area contributed by atoms with Gasteiger partial charge in [0.2, 0.25) is 0 Å². The van der Waals surface area contributed by atoms with Crippen LogP contribution in [0.25, 0.3) is 44.2 Å². The molecule has 0 bridgehead atoms. The average molecular weight is 755 g/mol. The summed E-state index contributed by atoms with van der Waals surface area (Å²) in [6.45, 7) is 0. The molecule has 4 aliphatic rings. The summed E-state index contributed by atoms with van der Waals surface area (Å²) in [7, 11) is 0. The van der Waals surface area contributed by atoms with Crippen LogP contribution in [0, 0.1) is 0 Å². The van der Waals surface area contributed by atoms with Crippen molar-refractivity contribution in [3.8, 4) is 33.4 Å². The van der Waals surface area contributed by atoms with Gasteiger partial charge in [-0.3, -0.25) is 0 Å². The Morgan fingerprint density at radius 1 is 0.431 bits per heavy atom. The molecule has 0 aromatic heterocycles. The maximum Gasteiger partial charge on any atom is 0.0735 e. The highest BCUT2D eigenvalue weighted by molar-refractivity contribution is 7.99. The van der Waals surface area contributed by atoms with Crippen LogP contribution in [0.3, 0.4) is 0 Å². The lowest BCUT2D eigenvalue weighted by Gasteiger charge is -2.39. The van der Waals surface area contributed by atoms with E-state index in [0.29, 0.717) is 5.92 Å². The van der Waals surface area contributed by atoms with E-state index in [9.17, 15) is 0 Å². The van der Waals surface area contributed by atoms with Gasteiger partial charge in [0, 0.05) is 15.2 Å². The molecule has 3 aliphatic carbocycles. The predicted octanol–water partition coefficient (Wildman–Crippen LogP) is 14.4. The van der Waals surface area contributed by atoms with Gasteiger partial charge in [0.25, 0.3) is 0 Å². The van der Waals surface area contributed by atoms with Gasteiger partial charge in [0.1, 0.15) is 0 Å². The first kappa shape index (κ1) is 32.7. The molecular formula is C57H38S. The highest BCUT2D eigenvalue weighted by Gasteiger charge is 2.61. The standard InChI is InChI=1S/C57H38S/c1-2-14-36(15-3-1)37-28-31-40(32-29-37)56(35-51(56)44-21-12-20-43-41-18-6-5-17-39(41)34-45(43)44)48-24-13-25-49-55(48)54-42-19-7-4-16-38(42)30-33-50(54)57(49)46-22-8-10-26-52(46)58-53-27-11-9-23-47(53)57/h1-33,51H,34-35H2. The highest BCUT2D eigenvalue weighted by Crippen LogP contribution is 2.71. The molecule has 13 rings (SSSR count). The molecule has 9 aromatic carbocycles. The molecule has 1 heterocycles. The monoisotopic (exact) mass is 754 g/mol. The van der Waals surface area contributed by atoms with Crippen molar-refractivity contribution in [2.75, 3.05) is 0 Å². The van der Waals surface area contributed by atoms with Crippen molar-refractivity contribution in [2.45, 2.75) is 39.4 Å². The van der Waals surface area contributed by atoms with Gasteiger partial charge in [-0.1, -0.05) is 200 Å². The van der Waals surface area contributed by atoms with Crippen LogP contribution in [-0.2, 0) is 17.3 Å². The van der Waals surface area contributed by atoms with Crippen molar-refractivity contribution in [3.05, 3.63) is 250 Å². The molecule has 1 fully saturated rings. The van der Waals surface area contributed by atoms with E-state index in [1.54, 1.807) is 0 Å². The molecule has 0 nitrogen and oxygen atoms in total. The lowest BCUT2D eigenvalue weighted by Crippen LogP contribution is -2.32. The molecule has 9 aromatic rings. The minimum absolute atomic E-state index is 0.216. The molecule has 1 spiro atoms. The zero-order valence-electron chi connectivity index (χ0n) is 32.0. The van der Waals surface area contributed by atoms with Crippen molar-refractivity contribution < 1.29 is 0 Å². The van der Waals surface area contributed by atoms with Crippen LogP contribution in [0.15, 0.2) is 210 Å². The summed E-state index contributed by atoms with van der Waals surface area (Å²) in [5, 5.41) is 2.62. The predicted molar refractivity (Wildman–Crippen MR) is 240 cm³/mol. The van der Waals surface area contributed by atoms with Gasteiger partial charge < -0.3 is 0 Å². The zero-order valence-corrected chi connectivity index (χ0v) is 32.8. The molecule has 0 amide bonds. The van der Waals surface area contributed by atoms with Gasteiger partial charge in [-0.15, -0.1) is 0 Å². The molecule has 1 aliphatic heterocycles. The zero-order chi connectivity index (χ0) is 38.0. The Labute approximate surface area is 343 Å². The largest absolute Gasteiger partial charge is 0.0894 e. The van der Waals surface area contributed by atoms with E-state index in [1.807, 2.05) is 11.8 Å². The van der Waals surface area contributed by atoms with Gasteiger partial charge >= 0.3 is 0 Å². The molecule has 1 heteroatoms. The number of benzene rings is 9. The second-order valence-corrected chi connectivity index (χ2v) is 17.7. The summed E-state index contributed by atoms with van der Waals surface area (Å²) in [6, 6.07) is 76.3. The first-order valence-electron chi connectivity index (χ1n) is 20.6. The summed E-state index contributed by atoms with van der Waals surface area (Å²) in [6.07, 6.45) is 2.06. The third-order valence-electron chi connectivity index (χ3n) is 14.1. The smallest absolute Gasteiger partial charge is 0.0735 e. The topological polar surface area (TPSA) is 0 Å². The van der Waals surface area contributed by atoms with Crippen LogP contribution in [0.1, 0.15) is 62.4 Å². The van der Waals surface area contributed by atoms with Crippen LogP contribution in [0.5, 0.6) is 0 Å². The minimum atomic E-state index is -0.443. The lowest BCUT2D eigenvalue weighted by atomic mass is 9.67. The summed E-state index contributed by atoms with van der Waals surface area (Å²) in [4.78, 5) is 2.68. The third-order valence-corrected chi connectivity index (χ3v) is 15.2. The van der Waals surface area contributed by atoms with E-state index in [-0.39, 0.29) is 5.41 Å². The maximum atomic E-state index is 2.50. The summed E-state index contributed by atoms with van der Waals surface area (Å²) < 4.78 is 0. The summed E-state index contributed by atoms with van der Waals surface area (Å²) in [5.74, 6) is 0.335. The molecular weight excluding hydrogens is 717 g/mol. The summed E-state index contributed by atoms with van der Waals surface area (Å²) >= 11 is 1.92. The molecule has 0 N–H and O–H groups in total. The molecule has 1 saturated carbocycles. The maximum absolute atomic E-state index is 2.50. The SMILES string of the molecule is c1ccc(-c2ccc(C3(c4cccc5c4-c4c(ccc6ccccc46)C54c5ccccc5Sc5ccccc54)CC3c3cccc4c3Cc3ccccc3-4)cc2)cc1. The second kappa shape index (κ2) is 12.1. The minimum Gasteiger partial charge on any atom is -0.0894 e. The molecule has 58 heavy (non-hydrogen) atoms. The fourth-order valence-corrected chi connectivity index (χ4v) is 12.8. The first-order valence-corrected chi connectivity index (χ1v) is 21.5. The fourth-order valence-electron chi connectivity index (χ4n) is 11.6. The quantitative estimate of drug-likeness (QED) is 0.172. The lowest BCUT2D eigenvalue weighted by molar-refractivity contribution is 0.719. The van der Waals surface area contributed by atoms with E-state index in [2.05, 4.69) is 200 Å². The molecule has 2 atom stereocenters. The van der Waals surface area contributed by atoms with Crippen molar-refractivity contribution in [2.24, 2.45) is 0 Å². The van der Waals surface area contributed by atoms with Crippen LogP contribution < -0.4 is 0 Å². The highest BCUT2D eigenvalue weighted by atomic mass is 32.2. The number of fused-ring (bicyclic) bond motifs is 14. The number of hydrogen-bond acceptors (Lipinski definition) is 1. The van der Waals surface area contributed by atoms with Gasteiger partial charge in [0.05, 0.1) is 5.41 Å². The Morgan fingerprint density at radius 3 is 1.88 bits per heavy atom. The van der Waals surface area contributed by atoms with Crippen molar-refractivity contribution in [1.82, 2.24) is 0 Å². The van der Waals surface area contributed by atoms with Crippen LogP contribution >= 0.6 is 11.8 Å². The fraction of sp³-hybridized carbons (Fsp3) is 0.0877. The van der Waals surface area contributed by atoms with Crippen LogP contribution in [0.2, 0.25) is 0 Å². The molecule has 0 saturated heterocycles. The van der Waals surface area contributed by atoms with E-state index in [1.165, 1.54) is 104 Å².